The summed E-state index contributed by atoms with van der Waals surface area (Å²) in [5.41, 5.74) is -0.595. The van der Waals surface area contributed by atoms with Crippen molar-refractivity contribution in [2.24, 2.45) is 9.98 Å². The number of hydrogen-bond acceptors (Lipinski definition) is 2. The quantitative estimate of drug-likeness (QED) is 0.570. The smallest absolute Gasteiger partial charge is 0.161 e. The number of halogens is 2. The standard InChI is InChI=1S/C9H8F2N2/c1-9(2)12-7-3-5(10)6(11)4-8(7)13-9/h3-4H,1-2H3. The van der Waals surface area contributed by atoms with Gasteiger partial charge in [-0.05, 0) is 13.8 Å². The van der Waals surface area contributed by atoms with Crippen molar-refractivity contribution in [1.82, 2.24) is 0 Å². The SMILES string of the molecule is CC1(C)N=c2cc(F)c(F)cc2=N1. The molecule has 0 aliphatic carbocycles. The molecule has 0 radical (unpaired) electrons. The van der Waals surface area contributed by atoms with Crippen LogP contribution < -0.4 is 10.7 Å². The van der Waals surface area contributed by atoms with Gasteiger partial charge in [0.05, 0.1) is 10.7 Å². The first kappa shape index (κ1) is 8.29. The van der Waals surface area contributed by atoms with Crippen molar-refractivity contribution in [2.45, 2.75) is 19.5 Å². The molecule has 0 fully saturated rings. The summed E-state index contributed by atoms with van der Waals surface area (Å²) < 4.78 is 25.5. The molecule has 1 aromatic carbocycles. The number of fused-ring (bicyclic) bond motifs is 1. The first-order valence-electron chi connectivity index (χ1n) is 3.93. The Morgan fingerprint density at radius 2 is 1.38 bits per heavy atom. The Labute approximate surface area is 73.6 Å². The third kappa shape index (κ3) is 1.32. The minimum absolute atomic E-state index is 0.420. The molecule has 0 aromatic heterocycles. The summed E-state index contributed by atoms with van der Waals surface area (Å²) in [6, 6.07) is 2.14. The van der Waals surface area contributed by atoms with E-state index in [1.807, 2.05) is 0 Å². The van der Waals surface area contributed by atoms with Gasteiger partial charge < -0.3 is 0 Å². The fourth-order valence-electron chi connectivity index (χ4n) is 1.32. The number of nitrogens with zero attached hydrogens (tertiary/aromatic N) is 2. The van der Waals surface area contributed by atoms with Crippen LogP contribution in [0.15, 0.2) is 22.1 Å². The zero-order chi connectivity index (χ0) is 9.64. The maximum absolute atomic E-state index is 12.7. The van der Waals surface area contributed by atoms with Crippen LogP contribution in [0.4, 0.5) is 8.78 Å². The van der Waals surface area contributed by atoms with Gasteiger partial charge in [-0.3, -0.25) is 9.98 Å². The Kier molecular flexibility index (Phi) is 1.49. The average molecular weight is 182 g/mol. The van der Waals surface area contributed by atoms with Crippen LogP contribution in [0.5, 0.6) is 0 Å². The summed E-state index contributed by atoms with van der Waals surface area (Å²) in [4.78, 5) is 8.23. The van der Waals surface area contributed by atoms with E-state index in [0.717, 1.165) is 12.1 Å². The van der Waals surface area contributed by atoms with Crippen molar-refractivity contribution in [2.75, 3.05) is 0 Å². The fourth-order valence-corrected chi connectivity index (χ4v) is 1.32. The van der Waals surface area contributed by atoms with Gasteiger partial charge in [-0.25, -0.2) is 8.78 Å². The highest BCUT2D eigenvalue weighted by Gasteiger charge is 2.19. The Bertz CT molecular complexity index is 434. The van der Waals surface area contributed by atoms with E-state index in [9.17, 15) is 8.78 Å². The molecular formula is C9H8F2N2. The van der Waals surface area contributed by atoms with Crippen LogP contribution in [0.25, 0.3) is 0 Å². The molecule has 0 amide bonds. The third-order valence-corrected chi connectivity index (χ3v) is 1.81. The highest BCUT2D eigenvalue weighted by Crippen LogP contribution is 2.11. The maximum Gasteiger partial charge on any atom is 0.161 e. The minimum Gasteiger partial charge on any atom is -0.254 e. The van der Waals surface area contributed by atoms with E-state index in [0.29, 0.717) is 10.7 Å². The summed E-state index contributed by atoms with van der Waals surface area (Å²) in [5, 5.41) is 0.841. The third-order valence-electron chi connectivity index (χ3n) is 1.81. The summed E-state index contributed by atoms with van der Waals surface area (Å²) in [6.07, 6.45) is 0. The molecule has 0 bridgehead atoms. The van der Waals surface area contributed by atoms with Crippen LogP contribution in [-0.4, -0.2) is 5.66 Å². The topological polar surface area (TPSA) is 24.7 Å². The first-order chi connectivity index (χ1) is 5.98. The van der Waals surface area contributed by atoms with Crippen LogP contribution >= 0.6 is 0 Å². The van der Waals surface area contributed by atoms with Crippen LogP contribution in [0.1, 0.15) is 13.8 Å². The predicted molar refractivity (Wildman–Crippen MR) is 42.7 cm³/mol. The lowest BCUT2D eigenvalue weighted by Gasteiger charge is -2.06. The van der Waals surface area contributed by atoms with Crippen molar-refractivity contribution in [3.8, 4) is 0 Å². The minimum atomic E-state index is -0.879. The molecule has 2 rings (SSSR count). The molecule has 68 valence electrons. The molecular weight excluding hydrogens is 174 g/mol. The van der Waals surface area contributed by atoms with E-state index in [4.69, 9.17) is 0 Å². The van der Waals surface area contributed by atoms with Gasteiger partial charge in [-0.1, -0.05) is 0 Å². The summed E-state index contributed by atoms with van der Waals surface area (Å²) in [5.74, 6) is -1.76. The number of hydrogen-bond donors (Lipinski definition) is 0. The van der Waals surface area contributed by atoms with Crippen LogP contribution in [0.3, 0.4) is 0 Å². The molecule has 0 N–H and O–H groups in total. The largest absolute Gasteiger partial charge is 0.254 e. The molecule has 13 heavy (non-hydrogen) atoms. The number of benzene rings is 1. The second-order valence-corrected chi connectivity index (χ2v) is 3.47. The fraction of sp³-hybridized carbons (Fsp3) is 0.333. The normalized spacial score (nSPS) is 17.5. The average Bonchev–Trinajstić information content (AvgIpc) is 2.24. The molecule has 0 atom stereocenters. The van der Waals surface area contributed by atoms with Crippen molar-refractivity contribution in [3.63, 3.8) is 0 Å². The highest BCUT2D eigenvalue weighted by atomic mass is 19.2. The maximum atomic E-state index is 12.7. The molecule has 1 heterocycles. The van der Waals surface area contributed by atoms with Gasteiger partial charge in [-0.15, -0.1) is 0 Å². The molecule has 0 saturated carbocycles. The zero-order valence-electron chi connectivity index (χ0n) is 7.31. The summed E-state index contributed by atoms with van der Waals surface area (Å²) in [6.45, 7) is 3.56. The Balaban J connectivity index is 2.80. The van der Waals surface area contributed by atoms with E-state index in [-0.39, 0.29) is 0 Å². The molecule has 0 unspecified atom stereocenters. The molecule has 1 aliphatic heterocycles. The van der Waals surface area contributed by atoms with Gasteiger partial charge in [0.2, 0.25) is 0 Å². The second kappa shape index (κ2) is 2.34. The van der Waals surface area contributed by atoms with E-state index in [1.54, 1.807) is 13.8 Å². The highest BCUT2D eigenvalue weighted by molar-refractivity contribution is 5.09. The van der Waals surface area contributed by atoms with Crippen LogP contribution in [0, 0.1) is 11.6 Å². The molecule has 1 aliphatic rings. The molecule has 0 spiro atoms. The van der Waals surface area contributed by atoms with Gasteiger partial charge in [0.25, 0.3) is 0 Å². The van der Waals surface area contributed by atoms with E-state index < -0.39 is 17.3 Å². The Morgan fingerprint density at radius 3 is 1.77 bits per heavy atom. The lowest BCUT2D eigenvalue weighted by Crippen LogP contribution is -2.23. The van der Waals surface area contributed by atoms with Crippen LogP contribution in [0.2, 0.25) is 0 Å². The van der Waals surface area contributed by atoms with Gasteiger partial charge in [0.1, 0.15) is 5.66 Å². The zero-order valence-corrected chi connectivity index (χ0v) is 7.31. The second-order valence-electron chi connectivity index (χ2n) is 3.47. The van der Waals surface area contributed by atoms with Crippen molar-refractivity contribution >= 4 is 0 Å². The van der Waals surface area contributed by atoms with Crippen molar-refractivity contribution in [3.05, 3.63) is 34.5 Å². The predicted octanol–water partition coefficient (Wildman–Crippen LogP) is 0.954. The van der Waals surface area contributed by atoms with Gasteiger partial charge >= 0.3 is 0 Å². The van der Waals surface area contributed by atoms with Crippen LogP contribution in [-0.2, 0) is 0 Å². The van der Waals surface area contributed by atoms with E-state index in [2.05, 4.69) is 9.98 Å². The summed E-state index contributed by atoms with van der Waals surface area (Å²) in [7, 11) is 0. The molecule has 0 saturated heterocycles. The Morgan fingerprint density at radius 1 is 1.00 bits per heavy atom. The summed E-state index contributed by atoms with van der Waals surface area (Å²) >= 11 is 0. The van der Waals surface area contributed by atoms with Gasteiger partial charge in [0.15, 0.2) is 11.6 Å². The lowest BCUT2D eigenvalue weighted by atomic mass is 10.3. The van der Waals surface area contributed by atoms with Gasteiger partial charge in [-0.2, -0.15) is 0 Å². The first-order valence-corrected chi connectivity index (χ1v) is 3.93. The monoisotopic (exact) mass is 182 g/mol. The van der Waals surface area contributed by atoms with Crippen molar-refractivity contribution < 1.29 is 8.78 Å². The van der Waals surface area contributed by atoms with Gasteiger partial charge in [0, 0.05) is 12.1 Å². The molecule has 1 aromatic rings. The van der Waals surface area contributed by atoms with E-state index in [1.165, 1.54) is 0 Å². The number of rotatable bonds is 0. The van der Waals surface area contributed by atoms with E-state index >= 15 is 0 Å². The lowest BCUT2D eigenvalue weighted by molar-refractivity contribution is 0.506. The molecule has 4 heteroatoms. The Hall–Kier alpha value is -1.32. The van der Waals surface area contributed by atoms with Crippen molar-refractivity contribution in [1.29, 1.82) is 0 Å². The molecule has 2 nitrogen and oxygen atoms in total.